The molecule has 1 rings (SSSR count). The minimum atomic E-state index is -0.00737. The molecule has 5 nitrogen and oxygen atoms in total. The van der Waals surface area contributed by atoms with Gasteiger partial charge in [-0.3, -0.25) is 0 Å². The normalized spacial score (nSPS) is 11.4. The van der Waals surface area contributed by atoms with E-state index in [0.29, 0.717) is 18.1 Å². The fourth-order valence-electron chi connectivity index (χ4n) is 0.888. The topological polar surface area (TPSA) is 80.7 Å². The first-order valence-corrected chi connectivity index (χ1v) is 4.34. The second-order valence-electron chi connectivity index (χ2n) is 2.71. The molecule has 0 aliphatic rings. The van der Waals surface area contributed by atoms with Gasteiger partial charge in [0, 0.05) is 0 Å². The summed E-state index contributed by atoms with van der Waals surface area (Å²) in [7, 11) is 0. The van der Waals surface area contributed by atoms with Crippen LogP contribution < -0.4 is 10.5 Å². The predicted octanol–water partition coefficient (Wildman–Crippen LogP) is 0.965. The monoisotopic (exact) mass is 195 g/mol. The second kappa shape index (κ2) is 5.06. The van der Waals surface area contributed by atoms with Gasteiger partial charge < -0.3 is 15.7 Å². The Labute approximate surface area is 82.2 Å². The van der Waals surface area contributed by atoms with Gasteiger partial charge in [0.15, 0.2) is 5.84 Å². The van der Waals surface area contributed by atoms with E-state index < -0.39 is 0 Å². The average molecular weight is 195 g/mol. The molecule has 14 heavy (non-hydrogen) atoms. The number of ether oxygens (including phenoxy) is 1. The summed E-state index contributed by atoms with van der Waals surface area (Å²) >= 11 is 0. The largest absolute Gasteiger partial charge is 0.492 e. The van der Waals surface area contributed by atoms with Crippen molar-refractivity contribution in [1.29, 1.82) is 0 Å². The van der Waals surface area contributed by atoms with Gasteiger partial charge in [0.1, 0.15) is 11.4 Å². The van der Waals surface area contributed by atoms with Crippen LogP contribution >= 0.6 is 0 Å². The van der Waals surface area contributed by atoms with Gasteiger partial charge in [0.2, 0.25) is 0 Å². The Balaban J connectivity index is 2.68. The molecule has 1 heterocycles. The summed E-state index contributed by atoms with van der Waals surface area (Å²) in [5.74, 6) is 0.674. The summed E-state index contributed by atoms with van der Waals surface area (Å²) in [5, 5.41) is 11.2. The van der Waals surface area contributed by atoms with Crippen LogP contribution in [0.2, 0.25) is 0 Å². The van der Waals surface area contributed by atoms with Gasteiger partial charge >= 0.3 is 0 Å². The lowest BCUT2D eigenvalue weighted by Gasteiger charge is -2.03. The number of rotatable bonds is 4. The number of amidine groups is 1. The molecule has 1 aromatic rings. The molecule has 0 amide bonds. The van der Waals surface area contributed by atoms with Crippen LogP contribution in [0.3, 0.4) is 0 Å². The summed E-state index contributed by atoms with van der Waals surface area (Å²) in [6.45, 7) is 2.68. The maximum Gasteiger partial charge on any atom is 0.188 e. The van der Waals surface area contributed by atoms with Crippen LogP contribution in [0.15, 0.2) is 23.5 Å². The molecule has 0 aliphatic heterocycles. The third kappa shape index (κ3) is 2.62. The molecule has 1 aromatic heterocycles. The fraction of sp³-hybridized carbons (Fsp3) is 0.333. The van der Waals surface area contributed by atoms with E-state index in [1.54, 1.807) is 18.3 Å². The van der Waals surface area contributed by atoms with Crippen LogP contribution in [0.4, 0.5) is 0 Å². The standard InChI is InChI=1S/C9H13N3O2/c1-2-5-14-7-3-4-8(11-6-7)9(10)12-13/h3-4,6,13H,2,5H2,1H3,(H2,10,12). The molecular weight excluding hydrogens is 182 g/mol. The van der Waals surface area contributed by atoms with Crippen molar-refractivity contribution in [3.05, 3.63) is 24.0 Å². The van der Waals surface area contributed by atoms with E-state index in [9.17, 15) is 0 Å². The molecule has 0 atom stereocenters. The first kappa shape index (κ1) is 10.3. The van der Waals surface area contributed by atoms with Crippen LogP contribution in [-0.2, 0) is 0 Å². The smallest absolute Gasteiger partial charge is 0.188 e. The Kier molecular flexibility index (Phi) is 3.72. The molecule has 3 N–H and O–H groups in total. The molecule has 0 spiro atoms. The maximum atomic E-state index is 8.39. The Morgan fingerprint density at radius 1 is 1.64 bits per heavy atom. The number of pyridine rings is 1. The van der Waals surface area contributed by atoms with E-state index in [0.717, 1.165) is 6.42 Å². The van der Waals surface area contributed by atoms with E-state index in [1.165, 1.54) is 0 Å². The number of nitrogens with zero attached hydrogens (tertiary/aromatic N) is 2. The number of hydrogen-bond acceptors (Lipinski definition) is 4. The zero-order chi connectivity index (χ0) is 10.4. The summed E-state index contributed by atoms with van der Waals surface area (Å²) < 4.78 is 5.32. The molecule has 0 saturated heterocycles. The van der Waals surface area contributed by atoms with Gasteiger partial charge in [0.05, 0.1) is 12.8 Å². The summed E-state index contributed by atoms with van der Waals surface area (Å²) in [6.07, 6.45) is 2.49. The highest BCUT2D eigenvalue weighted by Crippen LogP contribution is 2.08. The van der Waals surface area contributed by atoms with Crippen molar-refractivity contribution in [1.82, 2.24) is 4.98 Å². The molecular formula is C9H13N3O2. The minimum Gasteiger partial charge on any atom is -0.492 e. The van der Waals surface area contributed by atoms with Crippen molar-refractivity contribution >= 4 is 5.84 Å². The van der Waals surface area contributed by atoms with Crippen LogP contribution in [0.5, 0.6) is 5.75 Å². The molecule has 0 unspecified atom stereocenters. The van der Waals surface area contributed by atoms with Crippen LogP contribution in [0.1, 0.15) is 19.0 Å². The molecule has 0 saturated carbocycles. The lowest BCUT2D eigenvalue weighted by Crippen LogP contribution is -2.14. The second-order valence-corrected chi connectivity index (χ2v) is 2.71. The van der Waals surface area contributed by atoms with Crippen molar-refractivity contribution in [2.24, 2.45) is 10.9 Å². The zero-order valence-corrected chi connectivity index (χ0v) is 7.97. The van der Waals surface area contributed by atoms with Gasteiger partial charge in [-0.05, 0) is 18.6 Å². The SMILES string of the molecule is CCCOc1ccc(/C(N)=N/O)nc1. The maximum absolute atomic E-state index is 8.39. The lowest BCUT2D eigenvalue weighted by molar-refractivity contribution is 0.315. The van der Waals surface area contributed by atoms with Gasteiger partial charge in [0.25, 0.3) is 0 Å². The highest BCUT2D eigenvalue weighted by atomic mass is 16.5. The van der Waals surface area contributed by atoms with Gasteiger partial charge in [-0.15, -0.1) is 0 Å². The minimum absolute atomic E-state index is 0.00737. The van der Waals surface area contributed by atoms with Gasteiger partial charge in [-0.1, -0.05) is 12.1 Å². The fourth-order valence-corrected chi connectivity index (χ4v) is 0.888. The summed E-state index contributed by atoms with van der Waals surface area (Å²) in [4.78, 5) is 3.96. The lowest BCUT2D eigenvalue weighted by atomic mass is 10.3. The Hall–Kier alpha value is -1.78. The van der Waals surface area contributed by atoms with Crippen molar-refractivity contribution in [3.63, 3.8) is 0 Å². The van der Waals surface area contributed by atoms with Crippen molar-refractivity contribution in [2.45, 2.75) is 13.3 Å². The number of oxime groups is 1. The third-order valence-corrected chi connectivity index (χ3v) is 1.58. The van der Waals surface area contributed by atoms with E-state index in [2.05, 4.69) is 10.1 Å². The molecule has 0 radical (unpaired) electrons. The number of nitrogens with two attached hydrogens (primary N) is 1. The average Bonchev–Trinajstić information content (AvgIpc) is 2.26. The Morgan fingerprint density at radius 3 is 2.93 bits per heavy atom. The first-order valence-electron chi connectivity index (χ1n) is 4.34. The van der Waals surface area contributed by atoms with E-state index in [-0.39, 0.29) is 5.84 Å². The molecule has 0 aliphatic carbocycles. The van der Waals surface area contributed by atoms with E-state index in [4.69, 9.17) is 15.7 Å². The number of aromatic nitrogens is 1. The molecule has 0 fully saturated rings. The van der Waals surface area contributed by atoms with Crippen molar-refractivity contribution in [2.75, 3.05) is 6.61 Å². The highest BCUT2D eigenvalue weighted by Gasteiger charge is 2.00. The summed E-state index contributed by atoms with van der Waals surface area (Å²) in [6, 6.07) is 3.37. The van der Waals surface area contributed by atoms with Crippen LogP contribution in [0.25, 0.3) is 0 Å². The summed E-state index contributed by atoms with van der Waals surface area (Å²) in [5.41, 5.74) is 5.77. The third-order valence-electron chi connectivity index (χ3n) is 1.58. The van der Waals surface area contributed by atoms with Crippen molar-refractivity contribution < 1.29 is 9.94 Å². The highest BCUT2D eigenvalue weighted by molar-refractivity contribution is 5.95. The van der Waals surface area contributed by atoms with Crippen molar-refractivity contribution in [3.8, 4) is 5.75 Å². The molecule has 0 aromatic carbocycles. The zero-order valence-electron chi connectivity index (χ0n) is 7.97. The molecule has 0 bridgehead atoms. The Morgan fingerprint density at radius 2 is 2.43 bits per heavy atom. The van der Waals surface area contributed by atoms with Gasteiger partial charge in [-0.2, -0.15) is 0 Å². The first-order chi connectivity index (χ1) is 6.77. The molecule has 76 valence electrons. The van der Waals surface area contributed by atoms with E-state index >= 15 is 0 Å². The molecule has 5 heteroatoms. The predicted molar refractivity (Wildman–Crippen MR) is 52.5 cm³/mol. The van der Waals surface area contributed by atoms with E-state index in [1.807, 2.05) is 6.92 Å². The van der Waals surface area contributed by atoms with Crippen LogP contribution in [-0.4, -0.2) is 22.6 Å². The number of hydrogen-bond donors (Lipinski definition) is 2. The Bertz CT molecular complexity index is 308. The quantitative estimate of drug-likeness (QED) is 0.324. The van der Waals surface area contributed by atoms with Crippen LogP contribution in [0, 0.1) is 0 Å². The van der Waals surface area contributed by atoms with Gasteiger partial charge in [-0.25, -0.2) is 4.98 Å².